The zero-order chi connectivity index (χ0) is 13.0. The molecule has 0 bridgehead atoms. The molecule has 1 fully saturated rings. The van der Waals surface area contributed by atoms with Crippen LogP contribution in [-0.2, 0) is 0 Å². The van der Waals surface area contributed by atoms with Crippen LogP contribution in [0.25, 0.3) is 0 Å². The molecule has 0 aliphatic heterocycles. The molecule has 1 aliphatic carbocycles. The molecule has 0 saturated heterocycles. The highest BCUT2D eigenvalue weighted by Gasteiger charge is 2.20. The Hall–Kier alpha value is -0.510. The quantitative estimate of drug-likeness (QED) is 0.609. The van der Waals surface area contributed by atoms with Crippen LogP contribution in [0.5, 0.6) is 0 Å². The molecule has 1 atom stereocenters. The van der Waals surface area contributed by atoms with E-state index >= 15 is 0 Å². The third-order valence-electron chi connectivity index (χ3n) is 3.69. The number of thioether (sulfide) groups is 1. The molecule has 18 heavy (non-hydrogen) atoms. The van der Waals surface area contributed by atoms with Gasteiger partial charge in [-0.1, -0.05) is 44.5 Å². The van der Waals surface area contributed by atoms with E-state index in [9.17, 15) is 0 Å². The summed E-state index contributed by atoms with van der Waals surface area (Å²) in [6.45, 7) is 4.45. The summed E-state index contributed by atoms with van der Waals surface area (Å²) in [5.74, 6) is 7.52. The van der Waals surface area contributed by atoms with Crippen molar-refractivity contribution >= 4 is 11.8 Å². The Labute approximate surface area is 115 Å². The van der Waals surface area contributed by atoms with Crippen LogP contribution in [0.3, 0.4) is 0 Å². The molecule has 0 radical (unpaired) electrons. The Morgan fingerprint density at radius 2 is 2.17 bits per heavy atom. The van der Waals surface area contributed by atoms with Gasteiger partial charge in [0.25, 0.3) is 0 Å². The smallest absolute Gasteiger partial charge is 0.0550 e. The van der Waals surface area contributed by atoms with Crippen LogP contribution in [0.1, 0.15) is 56.2 Å². The van der Waals surface area contributed by atoms with Crippen molar-refractivity contribution in [2.45, 2.75) is 50.3 Å². The van der Waals surface area contributed by atoms with Gasteiger partial charge in [-0.05, 0) is 35.1 Å². The van der Waals surface area contributed by atoms with Crippen molar-refractivity contribution in [1.82, 2.24) is 5.43 Å². The lowest BCUT2D eigenvalue weighted by Crippen LogP contribution is -2.30. The van der Waals surface area contributed by atoms with E-state index in [1.807, 2.05) is 11.8 Å². The molecule has 0 amide bonds. The van der Waals surface area contributed by atoms with Gasteiger partial charge >= 0.3 is 0 Å². The number of hydrogen-bond donors (Lipinski definition) is 2. The Morgan fingerprint density at radius 3 is 2.72 bits per heavy atom. The van der Waals surface area contributed by atoms with Crippen LogP contribution in [0, 0.1) is 0 Å². The normalized spacial score (nSPS) is 17.8. The Morgan fingerprint density at radius 1 is 1.39 bits per heavy atom. The number of nitrogens with one attached hydrogen (secondary N) is 1. The molecular formula is C15H24N2S. The lowest BCUT2D eigenvalue weighted by Gasteiger charge is -2.27. The third kappa shape index (κ3) is 3.50. The van der Waals surface area contributed by atoms with Crippen molar-refractivity contribution in [1.29, 1.82) is 0 Å². The largest absolute Gasteiger partial charge is 0.271 e. The van der Waals surface area contributed by atoms with E-state index in [0.29, 0.717) is 5.25 Å². The van der Waals surface area contributed by atoms with Gasteiger partial charge in [0, 0.05) is 5.75 Å². The SMILES string of the molecule is CC(C)SCC(NN)c1cccc(C2CCC2)c1. The number of benzene rings is 1. The van der Waals surface area contributed by atoms with Gasteiger partial charge < -0.3 is 0 Å². The van der Waals surface area contributed by atoms with Gasteiger partial charge in [-0.2, -0.15) is 11.8 Å². The van der Waals surface area contributed by atoms with Crippen LogP contribution in [0.2, 0.25) is 0 Å². The lowest BCUT2D eigenvalue weighted by molar-refractivity contribution is 0.419. The van der Waals surface area contributed by atoms with E-state index in [4.69, 9.17) is 5.84 Å². The Bertz CT molecular complexity index is 375. The first kappa shape index (κ1) is 13.9. The van der Waals surface area contributed by atoms with Crippen molar-refractivity contribution in [2.75, 3.05) is 5.75 Å². The van der Waals surface area contributed by atoms with Gasteiger partial charge in [0.15, 0.2) is 0 Å². The van der Waals surface area contributed by atoms with Crippen molar-refractivity contribution in [3.8, 4) is 0 Å². The van der Waals surface area contributed by atoms with E-state index in [-0.39, 0.29) is 6.04 Å². The number of rotatable bonds is 6. The maximum Gasteiger partial charge on any atom is 0.0550 e. The van der Waals surface area contributed by atoms with E-state index in [0.717, 1.165) is 11.7 Å². The number of nitrogens with two attached hydrogens (primary N) is 1. The fourth-order valence-corrected chi connectivity index (χ4v) is 3.17. The molecule has 0 spiro atoms. The van der Waals surface area contributed by atoms with Crippen molar-refractivity contribution < 1.29 is 0 Å². The molecule has 3 heteroatoms. The standard InChI is InChI=1S/C15H24N2S/c1-11(2)18-10-15(17-16)14-8-4-7-13(9-14)12-5-3-6-12/h4,7-9,11-12,15,17H,3,5-6,10,16H2,1-2H3. The zero-order valence-corrected chi connectivity index (χ0v) is 12.2. The van der Waals surface area contributed by atoms with Gasteiger partial charge in [0.2, 0.25) is 0 Å². The first-order chi connectivity index (χ1) is 8.70. The molecule has 0 aromatic heterocycles. The Kier molecular flexibility index (Phi) is 5.10. The molecule has 2 nitrogen and oxygen atoms in total. The van der Waals surface area contributed by atoms with Crippen LogP contribution < -0.4 is 11.3 Å². The lowest BCUT2D eigenvalue weighted by atomic mass is 9.79. The summed E-state index contributed by atoms with van der Waals surface area (Å²) in [5.41, 5.74) is 5.78. The highest BCUT2D eigenvalue weighted by atomic mass is 32.2. The molecule has 1 unspecified atom stereocenters. The fraction of sp³-hybridized carbons (Fsp3) is 0.600. The first-order valence-corrected chi connectivity index (χ1v) is 7.93. The predicted octanol–water partition coefficient (Wildman–Crippen LogP) is 3.60. The first-order valence-electron chi connectivity index (χ1n) is 6.88. The maximum atomic E-state index is 5.70. The molecule has 1 saturated carbocycles. The number of hydrogen-bond acceptors (Lipinski definition) is 3. The third-order valence-corrected chi connectivity index (χ3v) is 4.88. The van der Waals surface area contributed by atoms with Gasteiger partial charge in [-0.3, -0.25) is 11.3 Å². The fourth-order valence-electron chi connectivity index (χ4n) is 2.30. The van der Waals surface area contributed by atoms with Crippen LogP contribution in [-0.4, -0.2) is 11.0 Å². The molecule has 1 aliphatic rings. The Balaban J connectivity index is 2.04. The highest BCUT2D eigenvalue weighted by Crippen LogP contribution is 2.37. The molecule has 100 valence electrons. The summed E-state index contributed by atoms with van der Waals surface area (Å²) in [5, 5.41) is 0.649. The molecule has 1 aromatic rings. The highest BCUT2D eigenvalue weighted by molar-refractivity contribution is 7.99. The van der Waals surface area contributed by atoms with Gasteiger partial charge in [-0.25, -0.2) is 0 Å². The summed E-state index contributed by atoms with van der Waals surface area (Å²) in [7, 11) is 0. The minimum Gasteiger partial charge on any atom is -0.271 e. The van der Waals surface area contributed by atoms with E-state index in [2.05, 4.69) is 43.5 Å². The van der Waals surface area contributed by atoms with E-state index < -0.39 is 0 Å². The minimum atomic E-state index is 0.262. The monoisotopic (exact) mass is 264 g/mol. The van der Waals surface area contributed by atoms with Gasteiger partial charge in [-0.15, -0.1) is 0 Å². The second kappa shape index (κ2) is 6.60. The summed E-state index contributed by atoms with van der Waals surface area (Å²) in [6, 6.07) is 9.23. The van der Waals surface area contributed by atoms with Gasteiger partial charge in [0.05, 0.1) is 6.04 Å². The maximum absolute atomic E-state index is 5.70. The molecular weight excluding hydrogens is 240 g/mol. The summed E-state index contributed by atoms with van der Waals surface area (Å²) < 4.78 is 0. The average molecular weight is 264 g/mol. The molecule has 0 heterocycles. The second-order valence-electron chi connectivity index (χ2n) is 5.40. The average Bonchev–Trinajstić information content (AvgIpc) is 2.28. The van der Waals surface area contributed by atoms with Crippen molar-refractivity contribution in [3.63, 3.8) is 0 Å². The molecule has 1 aromatic carbocycles. The van der Waals surface area contributed by atoms with Gasteiger partial charge in [0.1, 0.15) is 0 Å². The van der Waals surface area contributed by atoms with E-state index in [1.165, 1.54) is 30.4 Å². The number of hydrazine groups is 1. The molecule has 2 rings (SSSR count). The second-order valence-corrected chi connectivity index (χ2v) is 7.01. The molecule has 3 N–H and O–H groups in total. The van der Waals surface area contributed by atoms with Crippen LogP contribution in [0.15, 0.2) is 24.3 Å². The van der Waals surface area contributed by atoms with E-state index in [1.54, 1.807) is 0 Å². The van der Waals surface area contributed by atoms with Crippen LogP contribution in [0.4, 0.5) is 0 Å². The predicted molar refractivity (Wildman–Crippen MR) is 80.7 cm³/mol. The summed E-state index contributed by atoms with van der Waals surface area (Å²) in [6.07, 6.45) is 4.09. The summed E-state index contributed by atoms with van der Waals surface area (Å²) >= 11 is 1.95. The zero-order valence-electron chi connectivity index (χ0n) is 11.4. The van der Waals surface area contributed by atoms with Crippen molar-refractivity contribution in [2.24, 2.45) is 5.84 Å². The summed E-state index contributed by atoms with van der Waals surface area (Å²) in [4.78, 5) is 0. The van der Waals surface area contributed by atoms with Crippen molar-refractivity contribution in [3.05, 3.63) is 35.4 Å². The minimum absolute atomic E-state index is 0.262. The topological polar surface area (TPSA) is 38.0 Å². The van der Waals surface area contributed by atoms with Crippen LogP contribution >= 0.6 is 11.8 Å².